The molecule has 2 rings (SSSR count). The van der Waals surface area contributed by atoms with Crippen LogP contribution in [0, 0.1) is 5.92 Å². The fraction of sp³-hybridized carbons (Fsp3) is 0.714. The minimum atomic E-state index is -0.803. The number of rotatable bonds is 1. The SMILES string of the molecule is O=C1NC2CC(C(=O)O)CC2O1. The zero-order valence-electron chi connectivity index (χ0n) is 6.32. The van der Waals surface area contributed by atoms with E-state index >= 15 is 0 Å². The first kappa shape index (κ1) is 7.39. The number of carbonyl (C=O) groups is 2. The first-order valence-corrected chi connectivity index (χ1v) is 3.87. The summed E-state index contributed by atoms with van der Waals surface area (Å²) in [6, 6.07) is -0.0846. The number of carboxylic acids is 1. The van der Waals surface area contributed by atoms with Crippen LogP contribution in [0.3, 0.4) is 0 Å². The lowest BCUT2D eigenvalue weighted by molar-refractivity contribution is -0.141. The van der Waals surface area contributed by atoms with E-state index in [1.54, 1.807) is 0 Å². The summed E-state index contributed by atoms with van der Waals surface area (Å²) in [7, 11) is 0. The maximum Gasteiger partial charge on any atom is 0.407 e. The van der Waals surface area contributed by atoms with E-state index in [4.69, 9.17) is 9.84 Å². The standard InChI is InChI=1S/C7H9NO4/c9-6(10)3-1-4-5(2-3)12-7(11)8-4/h3-5H,1-2H2,(H,8,11)(H,9,10). The van der Waals surface area contributed by atoms with Crippen molar-refractivity contribution in [3.63, 3.8) is 0 Å². The van der Waals surface area contributed by atoms with E-state index in [2.05, 4.69) is 5.32 Å². The van der Waals surface area contributed by atoms with Crippen LogP contribution in [0.2, 0.25) is 0 Å². The van der Waals surface area contributed by atoms with E-state index in [1.807, 2.05) is 0 Å². The molecule has 2 aliphatic rings. The molecule has 12 heavy (non-hydrogen) atoms. The van der Waals surface area contributed by atoms with Gasteiger partial charge in [-0.3, -0.25) is 4.79 Å². The van der Waals surface area contributed by atoms with Crippen molar-refractivity contribution in [3.05, 3.63) is 0 Å². The van der Waals surface area contributed by atoms with Gasteiger partial charge in [-0.15, -0.1) is 0 Å². The number of carboxylic acid groups (broad SMARTS) is 1. The van der Waals surface area contributed by atoms with Crippen molar-refractivity contribution in [3.8, 4) is 0 Å². The highest BCUT2D eigenvalue weighted by Gasteiger charge is 2.45. The minimum absolute atomic E-state index is 0.0846. The van der Waals surface area contributed by atoms with E-state index < -0.39 is 12.1 Å². The second-order valence-corrected chi connectivity index (χ2v) is 3.20. The van der Waals surface area contributed by atoms with Gasteiger partial charge in [0.15, 0.2) is 0 Å². The lowest BCUT2D eigenvalue weighted by Crippen LogP contribution is -2.27. The Hall–Kier alpha value is -1.26. The van der Waals surface area contributed by atoms with Gasteiger partial charge in [-0.1, -0.05) is 0 Å². The average Bonchev–Trinajstić information content (AvgIpc) is 2.42. The molecule has 1 amide bonds. The molecule has 1 aliphatic carbocycles. The Balaban J connectivity index is 2.02. The van der Waals surface area contributed by atoms with Gasteiger partial charge in [-0.2, -0.15) is 0 Å². The predicted molar refractivity (Wildman–Crippen MR) is 37.6 cm³/mol. The molecule has 1 heterocycles. The molecule has 5 heteroatoms. The molecule has 2 N–H and O–H groups in total. The number of aliphatic carboxylic acids is 1. The molecule has 3 atom stereocenters. The molecule has 66 valence electrons. The molecule has 0 bridgehead atoms. The van der Waals surface area contributed by atoms with Crippen LogP contribution in [0.15, 0.2) is 0 Å². The molecule has 0 aromatic heterocycles. The lowest BCUT2D eigenvalue weighted by atomic mass is 10.1. The molecule has 3 unspecified atom stereocenters. The first-order chi connectivity index (χ1) is 5.66. The van der Waals surface area contributed by atoms with Crippen molar-refractivity contribution < 1.29 is 19.4 Å². The van der Waals surface area contributed by atoms with E-state index in [0.717, 1.165) is 0 Å². The molecule has 0 aromatic carbocycles. The number of hydrogen-bond acceptors (Lipinski definition) is 3. The summed E-state index contributed by atoms with van der Waals surface area (Å²) in [5.74, 6) is -1.16. The van der Waals surface area contributed by atoms with E-state index in [9.17, 15) is 9.59 Å². The quantitative estimate of drug-likeness (QED) is 0.580. The van der Waals surface area contributed by atoms with Crippen LogP contribution >= 0.6 is 0 Å². The number of nitrogens with one attached hydrogen (secondary N) is 1. The Morgan fingerprint density at radius 3 is 2.92 bits per heavy atom. The van der Waals surface area contributed by atoms with Crippen LogP contribution < -0.4 is 5.32 Å². The smallest absolute Gasteiger partial charge is 0.407 e. The van der Waals surface area contributed by atoms with E-state index in [-0.39, 0.29) is 18.1 Å². The van der Waals surface area contributed by atoms with Crippen molar-refractivity contribution in [1.82, 2.24) is 5.32 Å². The minimum Gasteiger partial charge on any atom is -0.481 e. The largest absolute Gasteiger partial charge is 0.481 e. The van der Waals surface area contributed by atoms with Gasteiger partial charge >= 0.3 is 12.1 Å². The number of carbonyl (C=O) groups excluding carboxylic acids is 1. The Labute approximate surface area is 68.7 Å². The number of amides is 1. The predicted octanol–water partition coefficient (Wildman–Crippen LogP) is -0.0420. The molecular formula is C7H9NO4. The molecule has 5 nitrogen and oxygen atoms in total. The summed E-state index contributed by atoms with van der Waals surface area (Å²) in [5, 5.41) is 11.2. The maximum atomic E-state index is 10.7. The third kappa shape index (κ3) is 1.01. The van der Waals surface area contributed by atoms with Crippen LogP contribution in [-0.4, -0.2) is 29.3 Å². The van der Waals surface area contributed by atoms with Gasteiger partial charge in [0.2, 0.25) is 0 Å². The monoisotopic (exact) mass is 171 g/mol. The molecule has 1 aliphatic heterocycles. The van der Waals surface area contributed by atoms with Crippen LogP contribution in [0.5, 0.6) is 0 Å². The summed E-state index contributed by atoms with van der Waals surface area (Å²) in [5.41, 5.74) is 0. The van der Waals surface area contributed by atoms with Crippen LogP contribution in [0.1, 0.15) is 12.8 Å². The normalized spacial score (nSPS) is 38.7. The highest BCUT2D eigenvalue weighted by molar-refractivity contribution is 5.74. The Morgan fingerprint density at radius 2 is 2.33 bits per heavy atom. The van der Waals surface area contributed by atoms with E-state index in [0.29, 0.717) is 12.8 Å². The second kappa shape index (κ2) is 2.36. The molecular weight excluding hydrogens is 162 g/mol. The fourth-order valence-corrected chi connectivity index (χ4v) is 1.81. The van der Waals surface area contributed by atoms with Crippen molar-refractivity contribution in [2.45, 2.75) is 25.0 Å². The fourth-order valence-electron chi connectivity index (χ4n) is 1.81. The Kier molecular flexibility index (Phi) is 1.46. The van der Waals surface area contributed by atoms with Gasteiger partial charge in [0.25, 0.3) is 0 Å². The summed E-state index contributed by atoms with van der Waals surface area (Å²) < 4.78 is 4.85. The van der Waals surface area contributed by atoms with Crippen molar-refractivity contribution >= 4 is 12.1 Å². The van der Waals surface area contributed by atoms with Crippen LogP contribution in [0.25, 0.3) is 0 Å². The molecule has 0 radical (unpaired) electrons. The lowest BCUT2D eigenvalue weighted by Gasteiger charge is -2.03. The van der Waals surface area contributed by atoms with E-state index in [1.165, 1.54) is 0 Å². The molecule has 1 saturated carbocycles. The second-order valence-electron chi connectivity index (χ2n) is 3.20. The summed E-state index contributed by atoms with van der Waals surface area (Å²) in [6.45, 7) is 0. The first-order valence-electron chi connectivity index (χ1n) is 3.87. The molecule has 0 aromatic rings. The number of alkyl carbamates (subject to hydrolysis) is 1. The highest BCUT2D eigenvalue weighted by atomic mass is 16.6. The van der Waals surface area contributed by atoms with Gasteiger partial charge in [0, 0.05) is 0 Å². The Morgan fingerprint density at radius 1 is 1.58 bits per heavy atom. The Bertz CT molecular complexity index is 224. The van der Waals surface area contributed by atoms with Gasteiger partial charge in [-0.25, -0.2) is 4.79 Å². The van der Waals surface area contributed by atoms with Crippen LogP contribution in [0.4, 0.5) is 4.79 Å². The zero-order chi connectivity index (χ0) is 8.72. The number of ether oxygens (including phenoxy) is 1. The zero-order valence-corrected chi connectivity index (χ0v) is 6.32. The summed E-state index contributed by atoms with van der Waals surface area (Å²) >= 11 is 0. The third-order valence-corrected chi connectivity index (χ3v) is 2.41. The van der Waals surface area contributed by atoms with Crippen molar-refractivity contribution in [2.75, 3.05) is 0 Å². The summed E-state index contributed by atoms with van der Waals surface area (Å²) in [4.78, 5) is 21.2. The maximum absolute atomic E-state index is 10.7. The summed E-state index contributed by atoms with van der Waals surface area (Å²) in [6.07, 6.45) is 0.289. The molecule has 2 fully saturated rings. The topological polar surface area (TPSA) is 75.6 Å². The molecule has 0 spiro atoms. The number of hydrogen-bond donors (Lipinski definition) is 2. The average molecular weight is 171 g/mol. The van der Waals surface area contributed by atoms with Gasteiger partial charge in [0.05, 0.1) is 12.0 Å². The van der Waals surface area contributed by atoms with Gasteiger partial charge < -0.3 is 15.2 Å². The molecule has 1 saturated heterocycles. The van der Waals surface area contributed by atoms with Gasteiger partial charge in [-0.05, 0) is 12.8 Å². The van der Waals surface area contributed by atoms with Gasteiger partial charge in [0.1, 0.15) is 6.10 Å². The third-order valence-electron chi connectivity index (χ3n) is 2.41. The van der Waals surface area contributed by atoms with Crippen molar-refractivity contribution in [1.29, 1.82) is 0 Å². The van der Waals surface area contributed by atoms with Crippen LogP contribution in [-0.2, 0) is 9.53 Å². The highest BCUT2D eigenvalue weighted by Crippen LogP contribution is 2.31. The number of fused-ring (bicyclic) bond motifs is 1. The van der Waals surface area contributed by atoms with Crippen molar-refractivity contribution in [2.24, 2.45) is 5.92 Å².